The smallest absolute Gasteiger partial charge is 0.239 e. The number of carbonyl (C=O) groups is 1. The maximum Gasteiger partial charge on any atom is 0.239 e. The quantitative estimate of drug-likeness (QED) is 0.856. The lowest BCUT2D eigenvalue weighted by Gasteiger charge is -2.23. The number of fused-ring (bicyclic) bond motifs is 1. The molecule has 102 valence electrons. The molecule has 1 aromatic carbocycles. The van der Waals surface area contributed by atoms with E-state index >= 15 is 0 Å². The molecule has 19 heavy (non-hydrogen) atoms. The number of amides is 1. The molecule has 1 aromatic rings. The third-order valence-electron chi connectivity index (χ3n) is 2.85. The molecule has 1 heterocycles. The summed E-state index contributed by atoms with van der Waals surface area (Å²) in [6.07, 6.45) is 0. The summed E-state index contributed by atoms with van der Waals surface area (Å²) in [6, 6.07) is 4.39. The molecular formula is C14H18FN3O. The standard InChI is InChI=1S/C14H18FN3O/c1-14(2,3)17-12(19)8-18-7-9-4-5-10(15)6-11(9)13(18)16/h4-6,16H,7-8H2,1-3H3,(H,17,19). The first kappa shape index (κ1) is 13.5. The minimum atomic E-state index is -0.357. The van der Waals surface area contributed by atoms with Crippen LogP contribution < -0.4 is 5.32 Å². The lowest BCUT2D eigenvalue weighted by molar-refractivity contribution is -0.122. The second-order valence-electron chi connectivity index (χ2n) is 5.80. The Labute approximate surface area is 112 Å². The van der Waals surface area contributed by atoms with Crippen molar-refractivity contribution < 1.29 is 9.18 Å². The fourth-order valence-corrected chi connectivity index (χ4v) is 2.13. The largest absolute Gasteiger partial charge is 0.350 e. The molecule has 0 aliphatic carbocycles. The summed E-state index contributed by atoms with van der Waals surface area (Å²) in [5, 5.41) is 10.8. The van der Waals surface area contributed by atoms with Gasteiger partial charge in [0.1, 0.15) is 11.7 Å². The molecule has 2 rings (SSSR count). The summed E-state index contributed by atoms with van der Waals surface area (Å²) < 4.78 is 13.2. The first-order valence-electron chi connectivity index (χ1n) is 6.19. The number of nitrogens with one attached hydrogen (secondary N) is 2. The SMILES string of the molecule is CC(C)(C)NC(=O)CN1Cc2ccc(F)cc2C1=N. The van der Waals surface area contributed by atoms with Gasteiger partial charge in [-0.25, -0.2) is 4.39 Å². The van der Waals surface area contributed by atoms with Crippen molar-refractivity contribution in [1.82, 2.24) is 10.2 Å². The van der Waals surface area contributed by atoms with E-state index in [1.165, 1.54) is 12.1 Å². The highest BCUT2D eigenvalue weighted by Gasteiger charge is 2.27. The van der Waals surface area contributed by atoms with E-state index in [0.29, 0.717) is 12.1 Å². The van der Waals surface area contributed by atoms with Gasteiger partial charge in [0.25, 0.3) is 0 Å². The fourth-order valence-electron chi connectivity index (χ4n) is 2.13. The van der Waals surface area contributed by atoms with Crippen LogP contribution in [0.25, 0.3) is 0 Å². The summed E-state index contributed by atoms with van der Waals surface area (Å²) >= 11 is 0. The molecule has 0 unspecified atom stereocenters. The summed E-state index contributed by atoms with van der Waals surface area (Å²) in [5.41, 5.74) is 1.16. The molecule has 1 aliphatic rings. The number of halogens is 1. The monoisotopic (exact) mass is 263 g/mol. The summed E-state index contributed by atoms with van der Waals surface area (Å²) in [5.74, 6) is -0.284. The average molecular weight is 263 g/mol. The van der Waals surface area contributed by atoms with E-state index in [1.807, 2.05) is 20.8 Å². The van der Waals surface area contributed by atoms with Crippen molar-refractivity contribution in [3.8, 4) is 0 Å². The molecule has 0 atom stereocenters. The van der Waals surface area contributed by atoms with E-state index in [9.17, 15) is 9.18 Å². The van der Waals surface area contributed by atoms with Crippen molar-refractivity contribution >= 4 is 11.7 Å². The lowest BCUT2D eigenvalue weighted by Crippen LogP contribution is -2.46. The van der Waals surface area contributed by atoms with Gasteiger partial charge in [-0.3, -0.25) is 10.2 Å². The second kappa shape index (κ2) is 4.64. The zero-order valence-corrected chi connectivity index (χ0v) is 11.4. The summed E-state index contributed by atoms with van der Waals surface area (Å²) in [7, 11) is 0. The Morgan fingerprint density at radius 3 is 2.79 bits per heavy atom. The molecule has 4 nitrogen and oxygen atoms in total. The zero-order valence-electron chi connectivity index (χ0n) is 11.4. The molecular weight excluding hydrogens is 245 g/mol. The number of hydrogen-bond acceptors (Lipinski definition) is 2. The number of amidine groups is 1. The Bertz CT molecular complexity index is 534. The number of rotatable bonds is 2. The van der Waals surface area contributed by atoms with Crippen molar-refractivity contribution in [2.45, 2.75) is 32.9 Å². The molecule has 2 N–H and O–H groups in total. The van der Waals surface area contributed by atoms with Gasteiger partial charge in [-0.1, -0.05) is 6.07 Å². The maximum absolute atomic E-state index is 13.2. The third-order valence-corrected chi connectivity index (χ3v) is 2.85. The second-order valence-corrected chi connectivity index (χ2v) is 5.80. The van der Waals surface area contributed by atoms with Crippen molar-refractivity contribution in [3.63, 3.8) is 0 Å². The molecule has 0 fully saturated rings. The highest BCUT2D eigenvalue weighted by molar-refractivity contribution is 6.02. The molecule has 5 heteroatoms. The molecule has 0 radical (unpaired) electrons. The Morgan fingerprint density at radius 2 is 2.16 bits per heavy atom. The van der Waals surface area contributed by atoms with Crippen molar-refractivity contribution in [2.24, 2.45) is 0 Å². The number of benzene rings is 1. The minimum Gasteiger partial charge on any atom is -0.350 e. The van der Waals surface area contributed by atoms with Crippen LogP contribution in [-0.2, 0) is 11.3 Å². The normalized spacial score (nSPS) is 14.5. The first-order chi connectivity index (χ1) is 8.76. The van der Waals surface area contributed by atoms with Crippen LogP contribution in [0, 0.1) is 11.2 Å². The number of nitrogens with zero attached hydrogens (tertiary/aromatic N) is 1. The fraction of sp³-hybridized carbons (Fsp3) is 0.429. The van der Waals surface area contributed by atoms with E-state index in [0.717, 1.165) is 5.56 Å². The Balaban J connectivity index is 2.06. The molecule has 0 spiro atoms. The van der Waals surface area contributed by atoms with E-state index < -0.39 is 0 Å². The number of hydrogen-bond donors (Lipinski definition) is 2. The highest BCUT2D eigenvalue weighted by atomic mass is 19.1. The van der Waals surface area contributed by atoms with Crippen LogP contribution in [0.1, 0.15) is 31.9 Å². The van der Waals surface area contributed by atoms with Crippen molar-refractivity contribution in [2.75, 3.05) is 6.54 Å². The van der Waals surface area contributed by atoms with Crippen LogP contribution in [0.4, 0.5) is 4.39 Å². The minimum absolute atomic E-state index is 0.117. The van der Waals surface area contributed by atoms with Crippen LogP contribution in [-0.4, -0.2) is 28.7 Å². The Hall–Kier alpha value is -1.91. The van der Waals surface area contributed by atoms with E-state index in [1.54, 1.807) is 11.0 Å². The molecule has 0 bridgehead atoms. The van der Waals surface area contributed by atoms with Gasteiger partial charge in [-0.05, 0) is 38.5 Å². The third kappa shape index (κ3) is 3.10. The van der Waals surface area contributed by atoms with Crippen LogP contribution in [0.2, 0.25) is 0 Å². The van der Waals surface area contributed by atoms with Gasteiger partial charge in [0.2, 0.25) is 5.91 Å². The molecule has 1 aliphatic heterocycles. The average Bonchev–Trinajstić information content (AvgIpc) is 2.54. The Morgan fingerprint density at radius 1 is 1.47 bits per heavy atom. The van der Waals surface area contributed by atoms with Gasteiger partial charge >= 0.3 is 0 Å². The van der Waals surface area contributed by atoms with Gasteiger partial charge in [-0.15, -0.1) is 0 Å². The first-order valence-corrected chi connectivity index (χ1v) is 6.19. The van der Waals surface area contributed by atoms with Crippen molar-refractivity contribution in [3.05, 3.63) is 35.1 Å². The zero-order chi connectivity index (χ0) is 14.2. The van der Waals surface area contributed by atoms with Gasteiger partial charge in [0.05, 0.1) is 6.54 Å². The maximum atomic E-state index is 13.2. The molecule has 0 saturated heterocycles. The predicted octanol–water partition coefficient (Wildman–Crippen LogP) is 1.88. The van der Waals surface area contributed by atoms with Crippen LogP contribution >= 0.6 is 0 Å². The molecule has 0 aromatic heterocycles. The lowest BCUT2D eigenvalue weighted by atomic mass is 10.1. The number of carbonyl (C=O) groups excluding carboxylic acids is 1. The topological polar surface area (TPSA) is 56.2 Å². The van der Waals surface area contributed by atoms with Gasteiger partial charge in [0.15, 0.2) is 0 Å². The van der Waals surface area contributed by atoms with Gasteiger partial charge in [-0.2, -0.15) is 0 Å². The van der Waals surface area contributed by atoms with Gasteiger partial charge < -0.3 is 10.2 Å². The van der Waals surface area contributed by atoms with E-state index in [2.05, 4.69) is 5.32 Å². The summed E-state index contributed by atoms with van der Waals surface area (Å²) in [4.78, 5) is 13.5. The highest BCUT2D eigenvalue weighted by Crippen LogP contribution is 2.23. The van der Waals surface area contributed by atoms with Crippen molar-refractivity contribution in [1.29, 1.82) is 5.41 Å². The molecule has 0 saturated carbocycles. The summed E-state index contributed by atoms with van der Waals surface area (Å²) in [6.45, 7) is 6.32. The van der Waals surface area contributed by atoms with E-state index in [4.69, 9.17) is 5.41 Å². The van der Waals surface area contributed by atoms with Crippen LogP contribution in [0.5, 0.6) is 0 Å². The van der Waals surface area contributed by atoms with E-state index in [-0.39, 0.29) is 29.6 Å². The predicted molar refractivity (Wildman–Crippen MR) is 71.5 cm³/mol. The Kier molecular flexibility index (Phi) is 3.30. The van der Waals surface area contributed by atoms with Crippen LogP contribution in [0.15, 0.2) is 18.2 Å². The van der Waals surface area contributed by atoms with Gasteiger partial charge in [0, 0.05) is 17.6 Å². The molecule has 1 amide bonds. The van der Waals surface area contributed by atoms with Crippen LogP contribution in [0.3, 0.4) is 0 Å².